The molecule has 1 aliphatic heterocycles. The van der Waals surface area contributed by atoms with Crippen LogP contribution in [0.5, 0.6) is 17.2 Å². The number of carbonyl (C=O) groups is 1. The standard InChI is InChI=1S/C29H30N4O4/c1-16-11-12-20(17(2)13-16)31-28(34)25-18(3)30-29-32-21-9-7-8-10-22(21)33(29)26(25)19-14-23(35-4)27(37-6)24(15-19)36-5/h7-15,25-26H,1-6H3,(H,31,34). The fourth-order valence-corrected chi connectivity index (χ4v) is 5.10. The van der Waals surface area contributed by atoms with E-state index in [0.29, 0.717) is 28.9 Å². The van der Waals surface area contributed by atoms with Gasteiger partial charge in [-0.05, 0) is 62.2 Å². The van der Waals surface area contributed by atoms with E-state index in [0.717, 1.165) is 33.4 Å². The molecule has 1 N–H and O–H groups in total. The number of para-hydroxylation sites is 2. The molecule has 1 aliphatic rings. The lowest BCUT2D eigenvalue weighted by Gasteiger charge is -2.33. The van der Waals surface area contributed by atoms with Crippen molar-refractivity contribution < 1.29 is 19.0 Å². The first-order valence-electron chi connectivity index (χ1n) is 12.1. The van der Waals surface area contributed by atoms with Gasteiger partial charge >= 0.3 is 0 Å². The summed E-state index contributed by atoms with van der Waals surface area (Å²) in [6.45, 7) is 5.89. The number of nitrogens with one attached hydrogen (secondary N) is 1. The summed E-state index contributed by atoms with van der Waals surface area (Å²) in [6, 6.07) is 17.1. The number of carbonyl (C=O) groups excluding carboxylic acids is 1. The summed E-state index contributed by atoms with van der Waals surface area (Å²) in [5, 5.41) is 3.15. The molecule has 37 heavy (non-hydrogen) atoms. The zero-order valence-electron chi connectivity index (χ0n) is 21.8. The minimum atomic E-state index is -0.617. The van der Waals surface area contributed by atoms with Gasteiger partial charge in [0.15, 0.2) is 11.5 Å². The van der Waals surface area contributed by atoms with Gasteiger partial charge in [0.2, 0.25) is 17.6 Å². The van der Waals surface area contributed by atoms with Crippen molar-refractivity contribution in [3.63, 3.8) is 0 Å². The van der Waals surface area contributed by atoms with Crippen molar-refractivity contribution in [2.45, 2.75) is 26.8 Å². The Morgan fingerprint density at radius 2 is 1.62 bits per heavy atom. The number of nitrogens with zero attached hydrogens (tertiary/aromatic N) is 3. The zero-order valence-corrected chi connectivity index (χ0v) is 21.8. The SMILES string of the molecule is COc1cc(C2C(C(=O)Nc3ccc(C)cc3C)C(C)=Nc3nc4ccccc4n32)cc(OC)c1OC. The van der Waals surface area contributed by atoms with Crippen molar-refractivity contribution in [2.75, 3.05) is 26.6 Å². The molecule has 2 unspecified atom stereocenters. The highest BCUT2D eigenvalue weighted by Gasteiger charge is 2.40. The molecule has 2 atom stereocenters. The van der Waals surface area contributed by atoms with E-state index in [1.54, 1.807) is 21.3 Å². The molecule has 1 amide bonds. The summed E-state index contributed by atoms with van der Waals surface area (Å²) in [7, 11) is 4.73. The van der Waals surface area contributed by atoms with Crippen LogP contribution < -0.4 is 19.5 Å². The van der Waals surface area contributed by atoms with E-state index in [1.807, 2.05) is 73.9 Å². The third kappa shape index (κ3) is 4.18. The monoisotopic (exact) mass is 498 g/mol. The molecule has 0 aliphatic carbocycles. The van der Waals surface area contributed by atoms with Crippen molar-refractivity contribution in [1.29, 1.82) is 0 Å². The lowest BCUT2D eigenvalue weighted by molar-refractivity contribution is -0.118. The second kappa shape index (κ2) is 9.61. The number of anilines is 1. The molecule has 8 heteroatoms. The molecule has 0 radical (unpaired) electrons. The topological polar surface area (TPSA) is 87.0 Å². The third-order valence-electron chi connectivity index (χ3n) is 6.85. The Kier molecular flexibility index (Phi) is 6.33. The van der Waals surface area contributed by atoms with E-state index in [2.05, 4.69) is 11.4 Å². The number of methoxy groups -OCH3 is 3. The van der Waals surface area contributed by atoms with Crippen LogP contribution in [-0.2, 0) is 4.79 Å². The average Bonchev–Trinajstić information content (AvgIpc) is 3.26. The van der Waals surface area contributed by atoms with Crippen LogP contribution in [0.25, 0.3) is 11.0 Å². The highest BCUT2D eigenvalue weighted by atomic mass is 16.5. The fraction of sp³-hybridized carbons (Fsp3) is 0.276. The minimum Gasteiger partial charge on any atom is -0.493 e. The summed E-state index contributed by atoms with van der Waals surface area (Å²) in [6.07, 6.45) is 0. The summed E-state index contributed by atoms with van der Waals surface area (Å²) in [5.74, 6) is 1.28. The third-order valence-corrected chi connectivity index (χ3v) is 6.85. The van der Waals surface area contributed by atoms with Crippen LogP contribution in [0, 0.1) is 19.8 Å². The van der Waals surface area contributed by atoms with Crippen molar-refractivity contribution in [2.24, 2.45) is 10.9 Å². The largest absolute Gasteiger partial charge is 0.493 e. The number of fused-ring (bicyclic) bond motifs is 3. The van der Waals surface area contributed by atoms with Crippen LogP contribution in [0.4, 0.5) is 11.6 Å². The van der Waals surface area contributed by atoms with Crippen LogP contribution in [0.3, 0.4) is 0 Å². The minimum absolute atomic E-state index is 0.157. The molecular formula is C29H30N4O4. The zero-order chi connectivity index (χ0) is 26.3. The van der Waals surface area contributed by atoms with Gasteiger partial charge in [-0.1, -0.05) is 29.8 Å². The van der Waals surface area contributed by atoms with Gasteiger partial charge < -0.3 is 19.5 Å². The lowest BCUT2D eigenvalue weighted by atomic mass is 9.86. The Morgan fingerprint density at radius 3 is 2.27 bits per heavy atom. The Bertz CT molecular complexity index is 1510. The maximum absolute atomic E-state index is 14.0. The maximum Gasteiger partial charge on any atom is 0.235 e. The second-order valence-corrected chi connectivity index (χ2v) is 9.21. The Morgan fingerprint density at radius 1 is 0.919 bits per heavy atom. The van der Waals surface area contributed by atoms with Crippen LogP contribution >= 0.6 is 0 Å². The molecule has 0 spiro atoms. The quantitative estimate of drug-likeness (QED) is 0.372. The molecule has 190 valence electrons. The number of benzene rings is 3. The fourth-order valence-electron chi connectivity index (χ4n) is 5.10. The van der Waals surface area contributed by atoms with E-state index in [9.17, 15) is 4.79 Å². The molecule has 1 aromatic heterocycles. The highest BCUT2D eigenvalue weighted by molar-refractivity contribution is 6.11. The summed E-state index contributed by atoms with van der Waals surface area (Å²) in [5.41, 5.74) is 6.08. The van der Waals surface area contributed by atoms with Crippen molar-refractivity contribution in [1.82, 2.24) is 9.55 Å². The molecule has 0 saturated heterocycles. The van der Waals surface area contributed by atoms with Gasteiger partial charge in [-0.25, -0.2) is 9.98 Å². The molecule has 0 bridgehead atoms. The summed E-state index contributed by atoms with van der Waals surface area (Å²) in [4.78, 5) is 23.5. The number of hydrogen-bond donors (Lipinski definition) is 1. The molecule has 0 saturated carbocycles. The number of ether oxygens (including phenoxy) is 3. The van der Waals surface area contributed by atoms with Gasteiger partial charge in [0, 0.05) is 11.4 Å². The normalized spacial score (nSPS) is 16.6. The van der Waals surface area contributed by atoms with Crippen molar-refractivity contribution >= 4 is 34.3 Å². The van der Waals surface area contributed by atoms with E-state index in [1.165, 1.54) is 0 Å². The van der Waals surface area contributed by atoms with Gasteiger partial charge in [-0.15, -0.1) is 0 Å². The maximum atomic E-state index is 14.0. The van der Waals surface area contributed by atoms with Crippen molar-refractivity contribution in [3.8, 4) is 17.2 Å². The molecule has 3 aromatic carbocycles. The van der Waals surface area contributed by atoms with Crippen LogP contribution in [0.2, 0.25) is 0 Å². The predicted octanol–water partition coefficient (Wildman–Crippen LogP) is 5.63. The van der Waals surface area contributed by atoms with Gasteiger partial charge in [-0.3, -0.25) is 9.36 Å². The summed E-state index contributed by atoms with van der Waals surface area (Å²) < 4.78 is 18.9. The first-order valence-corrected chi connectivity index (χ1v) is 12.1. The van der Waals surface area contributed by atoms with Crippen LogP contribution in [-0.4, -0.2) is 42.5 Å². The molecule has 8 nitrogen and oxygen atoms in total. The van der Waals surface area contributed by atoms with Crippen LogP contribution in [0.15, 0.2) is 59.6 Å². The predicted molar refractivity (Wildman–Crippen MR) is 145 cm³/mol. The summed E-state index contributed by atoms with van der Waals surface area (Å²) >= 11 is 0. The first kappa shape index (κ1) is 24.4. The van der Waals surface area contributed by atoms with Gasteiger partial charge in [0.1, 0.15) is 5.92 Å². The number of aromatic nitrogens is 2. The number of imidazole rings is 1. The smallest absolute Gasteiger partial charge is 0.235 e. The van der Waals surface area contributed by atoms with E-state index in [4.69, 9.17) is 24.2 Å². The highest BCUT2D eigenvalue weighted by Crippen LogP contribution is 2.45. The van der Waals surface area contributed by atoms with E-state index in [-0.39, 0.29) is 5.91 Å². The van der Waals surface area contributed by atoms with E-state index < -0.39 is 12.0 Å². The number of aliphatic imine (C=N–C) groups is 1. The Hall–Kier alpha value is -4.33. The lowest BCUT2D eigenvalue weighted by Crippen LogP contribution is -2.38. The second-order valence-electron chi connectivity index (χ2n) is 9.21. The molecule has 0 fully saturated rings. The first-order chi connectivity index (χ1) is 17.9. The van der Waals surface area contributed by atoms with Gasteiger partial charge in [0.05, 0.1) is 38.4 Å². The number of rotatable bonds is 6. The molecule has 2 heterocycles. The Labute approximate surface area is 215 Å². The number of amides is 1. The number of aryl methyl sites for hydroxylation is 2. The van der Waals surface area contributed by atoms with Crippen molar-refractivity contribution in [3.05, 3.63) is 71.3 Å². The number of hydrogen-bond acceptors (Lipinski definition) is 6. The average molecular weight is 499 g/mol. The molecular weight excluding hydrogens is 468 g/mol. The van der Waals surface area contributed by atoms with E-state index >= 15 is 0 Å². The van der Waals surface area contributed by atoms with Crippen LogP contribution in [0.1, 0.15) is 29.7 Å². The van der Waals surface area contributed by atoms with Gasteiger partial charge in [-0.2, -0.15) is 0 Å². The molecule has 4 aromatic rings. The molecule has 5 rings (SSSR count). The Balaban J connectivity index is 1.71. The van der Waals surface area contributed by atoms with Gasteiger partial charge in [0.25, 0.3) is 0 Å².